The van der Waals surface area contributed by atoms with Gasteiger partial charge in [0.2, 0.25) is 0 Å². The van der Waals surface area contributed by atoms with Crippen molar-refractivity contribution >= 4 is 30.3 Å². The van der Waals surface area contributed by atoms with Crippen molar-refractivity contribution in [1.29, 1.82) is 0 Å². The van der Waals surface area contributed by atoms with Crippen molar-refractivity contribution in [2.45, 2.75) is 6.54 Å². The van der Waals surface area contributed by atoms with E-state index in [0.29, 0.717) is 22.9 Å². The highest BCUT2D eigenvalue weighted by atomic mass is 16.5. The molecule has 3 rings (SSSR count). The summed E-state index contributed by atoms with van der Waals surface area (Å²) in [6.45, 7) is -0.292. The molecule has 2 aromatic carbocycles. The predicted octanol–water partition coefficient (Wildman–Crippen LogP) is 3.74. The summed E-state index contributed by atoms with van der Waals surface area (Å²) in [7, 11) is 2.94. The van der Waals surface area contributed by atoms with Crippen molar-refractivity contribution in [3.05, 3.63) is 65.0 Å². The van der Waals surface area contributed by atoms with Crippen LogP contribution in [0.3, 0.4) is 0 Å². The third-order valence-corrected chi connectivity index (χ3v) is 4.42. The molecule has 8 heteroatoms. The van der Waals surface area contributed by atoms with Crippen molar-refractivity contribution in [1.82, 2.24) is 9.78 Å². The Bertz CT molecular complexity index is 1150. The Labute approximate surface area is 178 Å². The summed E-state index contributed by atoms with van der Waals surface area (Å²) in [5, 5.41) is 32.9. The number of aliphatic carboxylic acids is 1. The highest BCUT2D eigenvalue weighted by Crippen LogP contribution is 2.28. The molecule has 3 aromatic rings. The van der Waals surface area contributed by atoms with Gasteiger partial charge in [0.25, 0.3) is 0 Å². The molecule has 160 valence electrons. The normalized spacial score (nSPS) is 11.3. The van der Waals surface area contributed by atoms with Gasteiger partial charge < -0.3 is 24.8 Å². The quantitative estimate of drug-likeness (QED) is 0.507. The third-order valence-electron chi connectivity index (χ3n) is 4.42. The van der Waals surface area contributed by atoms with Gasteiger partial charge in [0.05, 0.1) is 25.6 Å². The zero-order valence-corrected chi connectivity index (χ0v) is 17.0. The molecule has 31 heavy (non-hydrogen) atoms. The van der Waals surface area contributed by atoms with E-state index >= 15 is 0 Å². The minimum atomic E-state index is -1.01. The number of phenols is 2. The lowest BCUT2D eigenvalue weighted by molar-refractivity contribution is -0.137. The summed E-state index contributed by atoms with van der Waals surface area (Å²) in [6, 6.07) is 11.6. The van der Waals surface area contributed by atoms with Crippen LogP contribution in [0.1, 0.15) is 22.5 Å². The second-order valence-corrected chi connectivity index (χ2v) is 6.57. The maximum absolute atomic E-state index is 11.2. The average molecular weight is 422 g/mol. The molecule has 0 radical (unpaired) electrons. The molecule has 0 saturated heterocycles. The number of aromatic hydroxyl groups is 2. The van der Waals surface area contributed by atoms with Gasteiger partial charge >= 0.3 is 5.97 Å². The van der Waals surface area contributed by atoms with Crippen molar-refractivity contribution < 1.29 is 29.6 Å². The van der Waals surface area contributed by atoms with Crippen molar-refractivity contribution in [2.75, 3.05) is 14.2 Å². The highest BCUT2D eigenvalue weighted by Gasteiger charge is 2.08. The molecule has 0 amide bonds. The summed E-state index contributed by atoms with van der Waals surface area (Å²) in [6.07, 6.45) is 7.04. The van der Waals surface area contributed by atoms with E-state index in [1.807, 2.05) is 0 Å². The first-order chi connectivity index (χ1) is 14.9. The maximum atomic E-state index is 11.2. The largest absolute Gasteiger partial charge is 0.504 e. The van der Waals surface area contributed by atoms with Gasteiger partial charge in [0.15, 0.2) is 23.0 Å². The van der Waals surface area contributed by atoms with Crippen molar-refractivity contribution in [3.63, 3.8) is 0 Å². The Balaban J connectivity index is 1.88. The molecule has 0 atom stereocenters. The number of carbonyl (C=O) groups is 1. The summed E-state index contributed by atoms with van der Waals surface area (Å²) >= 11 is 0. The Kier molecular flexibility index (Phi) is 6.61. The topological polar surface area (TPSA) is 114 Å². The van der Waals surface area contributed by atoms with Crippen LogP contribution in [0.25, 0.3) is 24.3 Å². The van der Waals surface area contributed by atoms with Gasteiger partial charge in [0.1, 0.15) is 6.54 Å². The number of hydrogen-bond donors (Lipinski definition) is 3. The fourth-order valence-electron chi connectivity index (χ4n) is 2.88. The number of nitrogens with zero attached hydrogens (tertiary/aromatic N) is 2. The van der Waals surface area contributed by atoms with Crippen LogP contribution in [-0.4, -0.2) is 45.3 Å². The van der Waals surface area contributed by atoms with Crippen LogP contribution in [0.5, 0.6) is 23.0 Å². The minimum Gasteiger partial charge on any atom is -0.504 e. The van der Waals surface area contributed by atoms with E-state index in [1.54, 1.807) is 54.6 Å². The molecule has 0 aliphatic carbocycles. The average Bonchev–Trinajstić information content (AvgIpc) is 3.13. The molecule has 1 heterocycles. The number of ether oxygens (including phenoxy) is 2. The Hall–Kier alpha value is -4.20. The van der Waals surface area contributed by atoms with E-state index < -0.39 is 5.97 Å². The van der Waals surface area contributed by atoms with Gasteiger partial charge in [-0.25, -0.2) is 0 Å². The highest BCUT2D eigenvalue weighted by molar-refractivity contribution is 5.74. The standard InChI is InChI=1S/C23H22N2O6/c1-30-21-11-15(5-9-19(21)26)3-7-17-13-18(25(24-17)14-23(28)29)8-4-16-6-10-20(27)22(12-16)31-2/h3-13,26-27H,14H2,1-2H3,(H,28,29)/b7-3+,8-4+. The van der Waals surface area contributed by atoms with Gasteiger partial charge in [0, 0.05) is 0 Å². The number of carboxylic acids is 1. The van der Waals surface area contributed by atoms with E-state index in [9.17, 15) is 20.1 Å². The Morgan fingerprint density at radius 1 is 0.903 bits per heavy atom. The monoisotopic (exact) mass is 422 g/mol. The van der Waals surface area contributed by atoms with Crippen LogP contribution >= 0.6 is 0 Å². The smallest absolute Gasteiger partial charge is 0.325 e. The molecule has 0 bridgehead atoms. The molecule has 0 unspecified atom stereocenters. The van der Waals surface area contributed by atoms with Crippen LogP contribution in [0.4, 0.5) is 0 Å². The zero-order chi connectivity index (χ0) is 22.4. The fraction of sp³-hybridized carbons (Fsp3) is 0.130. The molecule has 0 spiro atoms. The number of phenolic OH excluding ortho intramolecular Hbond substituents is 2. The van der Waals surface area contributed by atoms with E-state index in [2.05, 4.69) is 5.10 Å². The molecule has 0 aliphatic rings. The summed E-state index contributed by atoms with van der Waals surface area (Å²) in [4.78, 5) is 11.2. The van der Waals surface area contributed by atoms with Crippen LogP contribution in [-0.2, 0) is 11.3 Å². The molecular formula is C23H22N2O6. The van der Waals surface area contributed by atoms with Crippen LogP contribution < -0.4 is 9.47 Å². The van der Waals surface area contributed by atoms with E-state index in [4.69, 9.17) is 9.47 Å². The number of carboxylic acid groups (broad SMARTS) is 1. The summed E-state index contributed by atoms with van der Waals surface area (Å²) in [5.74, 6) is -0.235. The third kappa shape index (κ3) is 5.45. The summed E-state index contributed by atoms with van der Waals surface area (Å²) in [5.41, 5.74) is 2.72. The first-order valence-corrected chi connectivity index (χ1v) is 9.29. The predicted molar refractivity (Wildman–Crippen MR) is 117 cm³/mol. The van der Waals surface area contributed by atoms with E-state index in [0.717, 1.165) is 11.1 Å². The molecule has 0 aliphatic heterocycles. The lowest BCUT2D eigenvalue weighted by Gasteiger charge is -2.04. The zero-order valence-electron chi connectivity index (χ0n) is 17.0. The molecule has 0 saturated carbocycles. The van der Waals surface area contributed by atoms with Gasteiger partial charge in [-0.15, -0.1) is 0 Å². The Morgan fingerprint density at radius 3 is 1.97 bits per heavy atom. The minimum absolute atomic E-state index is 0.0360. The molecule has 0 fully saturated rings. The number of rotatable bonds is 8. The second kappa shape index (κ2) is 9.53. The van der Waals surface area contributed by atoms with Gasteiger partial charge in [-0.2, -0.15) is 5.10 Å². The number of benzene rings is 2. The van der Waals surface area contributed by atoms with Crippen LogP contribution in [0.15, 0.2) is 42.5 Å². The SMILES string of the molecule is COc1cc(/C=C/c2cc(/C=C/c3ccc(O)c(OC)c3)n(CC(=O)O)n2)ccc1O. The fourth-order valence-corrected chi connectivity index (χ4v) is 2.88. The first kappa shape index (κ1) is 21.5. The lowest BCUT2D eigenvalue weighted by atomic mass is 10.1. The summed E-state index contributed by atoms with van der Waals surface area (Å²) < 4.78 is 11.6. The van der Waals surface area contributed by atoms with Gasteiger partial charge in [-0.1, -0.05) is 24.3 Å². The lowest BCUT2D eigenvalue weighted by Crippen LogP contribution is -2.11. The number of aromatic nitrogens is 2. The maximum Gasteiger partial charge on any atom is 0.325 e. The van der Waals surface area contributed by atoms with Crippen LogP contribution in [0, 0.1) is 0 Å². The molecular weight excluding hydrogens is 400 g/mol. The molecule has 8 nitrogen and oxygen atoms in total. The van der Waals surface area contributed by atoms with Gasteiger partial charge in [-0.05, 0) is 53.6 Å². The van der Waals surface area contributed by atoms with E-state index in [1.165, 1.54) is 31.0 Å². The van der Waals surface area contributed by atoms with Gasteiger partial charge in [-0.3, -0.25) is 9.48 Å². The van der Waals surface area contributed by atoms with Crippen molar-refractivity contribution in [3.8, 4) is 23.0 Å². The second-order valence-electron chi connectivity index (χ2n) is 6.57. The molecule has 1 aromatic heterocycles. The Morgan fingerprint density at radius 2 is 1.45 bits per heavy atom. The van der Waals surface area contributed by atoms with E-state index in [-0.39, 0.29) is 18.0 Å². The van der Waals surface area contributed by atoms with Crippen molar-refractivity contribution in [2.24, 2.45) is 0 Å². The molecule has 3 N–H and O–H groups in total. The van der Waals surface area contributed by atoms with Crippen LogP contribution in [0.2, 0.25) is 0 Å². The number of methoxy groups -OCH3 is 2. The first-order valence-electron chi connectivity index (χ1n) is 9.29. The number of hydrogen-bond acceptors (Lipinski definition) is 6.